The van der Waals surface area contributed by atoms with Gasteiger partial charge in [-0.25, -0.2) is 4.39 Å². The van der Waals surface area contributed by atoms with Gasteiger partial charge in [-0.1, -0.05) is 23.2 Å². The molecule has 2 aromatic rings. The molecular formula is C22H22Cl2FN3O3. The Balaban J connectivity index is 1.45. The molecule has 0 radical (unpaired) electrons. The molecule has 0 bridgehead atoms. The summed E-state index contributed by atoms with van der Waals surface area (Å²) in [5.41, 5.74) is 0.755. The topological polar surface area (TPSA) is 78.5 Å². The molecule has 164 valence electrons. The number of nitrogens with one attached hydrogen (secondary N) is 2. The van der Waals surface area contributed by atoms with E-state index in [0.29, 0.717) is 48.6 Å². The molecule has 0 aliphatic carbocycles. The molecule has 1 heterocycles. The number of hydrogen-bond acceptors (Lipinski definition) is 3. The molecule has 1 saturated heterocycles. The average molecular weight is 466 g/mol. The summed E-state index contributed by atoms with van der Waals surface area (Å²) in [5, 5.41) is 6.19. The molecule has 3 amide bonds. The molecule has 0 unspecified atom stereocenters. The monoisotopic (exact) mass is 465 g/mol. The van der Waals surface area contributed by atoms with Crippen molar-refractivity contribution in [1.29, 1.82) is 0 Å². The Morgan fingerprint density at radius 3 is 2.35 bits per heavy atom. The highest BCUT2D eigenvalue weighted by Crippen LogP contribution is 2.25. The van der Waals surface area contributed by atoms with Crippen LogP contribution in [-0.4, -0.2) is 48.3 Å². The zero-order valence-corrected chi connectivity index (χ0v) is 18.2. The Morgan fingerprint density at radius 1 is 0.968 bits per heavy atom. The number of halogens is 3. The largest absolute Gasteiger partial charge is 0.354 e. The molecule has 3 rings (SSSR count). The summed E-state index contributed by atoms with van der Waals surface area (Å²) in [5.74, 6) is -1.20. The maximum Gasteiger partial charge on any atom is 0.254 e. The maximum absolute atomic E-state index is 12.9. The third-order valence-corrected chi connectivity index (χ3v) is 5.77. The highest BCUT2D eigenvalue weighted by Gasteiger charge is 2.34. The predicted octanol–water partition coefficient (Wildman–Crippen LogP) is 3.67. The summed E-state index contributed by atoms with van der Waals surface area (Å²) < 4.78 is 12.9. The first-order valence-corrected chi connectivity index (χ1v) is 10.7. The first-order chi connectivity index (χ1) is 14.9. The Labute approximate surface area is 189 Å². The lowest BCUT2D eigenvalue weighted by Gasteiger charge is -2.24. The minimum absolute atomic E-state index is 0.226. The molecule has 9 heteroatoms. The fraction of sp³-hybridized carbons (Fsp3) is 0.318. The quantitative estimate of drug-likeness (QED) is 0.612. The summed E-state index contributed by atoms with van der Waals surface area (Å²) in [6.45, 7) is 1.20. The van der Waals surface area contributed by atoms with Crippen LogP contribution >= 0.6 is 23.2 Å². The minimum atomic E-state index is -0.546. The molecule has 1 fully saturated rings. The van der Waals surface area contributed by atoms with E-state index < -0.39 is 11.9 Å². The van der Waals surface area contributed by atoms with E-state index >= 15 is 0 Å². The summed E-state index contributed by atoms with van der Waals surface area (Å²) in [6.07, 6.45) is 1.84. The van der Waals surface area contributed by atoms with Crippen molar-refractivity contribution in [3.63, 3.8) is 0 Å². The van der Waals surface area contributed by atoms with Crippen molar-refractivity contribution in [2.24, 2.45) is 0 Å². The fourth-order valence-corrected chi connectivity index (χ4v) is 3.70. The van der Waals surface area contributed by atoms with E-state index in [9.17, 15) is 18.8 Å². The van der Waals surface area contributed by atoms with Gasteiger partial charge in [0.05, 0.1) is 10.0 Å². The molecule has 1 aliphatic heterocycles. The van der Waals surface area contributed by atoms with Gasteiger partial charge in [0.1, 0.15) is 11.9 Å². The molecule has 0 spiro atoms. The lowest BCUT2D eigenvalue weighted by Crippen LogP contribution is -2.46. The van der Waals surface area contributed by atoms with Crippen LogP contribution in [0.1, 0.15) is 40.0 Å². The van der Waals surface area contributed by atoms with Crippen molar-refractivity contribution in [2.45, 2.75) is 25.3 Å². The zero-order chi connectivity index (χ0) is 22.4. The summed E-state index contributed by atoms with van der Waals surface area (Å²) in [7, 11) is 0. The molecule has 0 aromatic heterocycles. The van der Waals surface area contributed by atoms with Crippen molar-refractivity contribution in [1.82, 2.24) is 15.5 Å². The summed E-state index contributed by atoms with van der Waals surface area (Å²) in [6, 6.07) is 9.37. The molecule has 2 aromatic carbocycles. The number of nitrogens with zero attached hydrogens (tertiary/aromatic N) is 1. The fourth-order valence-electron chi connectivity index (χ4n) is 3.40. The molecule has 0 saturated carbocycles. The maximum atomic E-state index is 12.9. The van der Waals surface area contributed by atoms with Crippen LogP contribution in [0.4, 0.5) is 4.39 Å². The van der Waals surface area contributed by atoms with Crippen LogP contribution in [0.15, 0.2) is 42.5 Å². The van der Waals surface area contributed by atoms with Crippen LogP contribution in [0.3, 0.4) is 0 Å². The van der Waals surface area contributed by atoms with Crippen molar-refractivity contribution < 1.29 is 18.8 Å². The molecule has 1 aliphatic rings. The van der Waals surface area contributed by atoms with Crippen molar-refractivity contribution >= 4 is 40.9 Å². The Kier molecular flexibility index (Phi) is 7.87. The van der Waals surface area contributed by atoms with Gasteiger partial charge in [0, 0.05) is 30.8 Å². The van der Waals surface area contributed by atoms with E-state index in [-0.39, 0.29) is 22.7 Å². The van der Waals surface area contributed by atoms with Gasteiger partial charge in [-0.2, -0.15) is 0 Å². The van der Waals surface area contributed by atoms with Crippen molar-refractivity contribution in [2.75, 3.05) is 19.6 Å². The number of rotatable bonds is 7. The van der Waals surface area contributed by atoms with Crippen LogP contribution in [0.5, 0.6) is 0 Å². The predicted molar refractivity (Wildman–Crippen MR) is 117 cm³/mol. The minimum Gasteiger partial charge on any atom is -0.354 e. The normalized spacial score (nSPS) is 15.6. The molecule has 31 heavy (non-hydrogen) atoms. The Bertz CT molecular complexity index is 969. The third-order valence-electron chi connectivity index (χ3n) is 5.03. The van der Waals surface area contributed by atoms with Crippen molar-refractivity contribution in [3.05, 3.63) is 69.5 Å². The molecule has 6 nitrogen and oxygen atoms in total. The van der Waals surface area contributed by atoms with Gasteiger partial charge in [0.2, 0.25) is 5.91 Å². The second kappa shape index (κ2) is 10.6. The first-order valence-electron chi connectivity index (χ1n) is 9.94. The molecular weight excluding hydrogens is 444 g/mol. The lowest BCUT2D eigenvalue weighted by atomic mass is 10.1. The van der Waals surface area contributed by atoms with E-state index in [2.05, 4.69) is 10.6 Å². The molecule has 2 N–H and O–H groups in total. The Hall–Kier alpha value is -2.64. The van der Waals surface area contributed by atoms with Gasteiger partial charge in [-0.15, -0.1) is 0 Å². The number of amides is 3. The van der Waals surface area contributed by atoms with Gasteiger partial charge in [0.15, 0.2) is 0 Å². The molecule has 1 atom stereocenters. The van der Waals surface area contributed by atoms with Gasteiger partial charge in [-0.05, 0) is 61.7 Å². The zero-order valence-electron chi connectivity index (χ0n) is 16.7. The Morgan fingerprint density at radius 2 is 1.65 bits per heavy atom. The van der Waals surface area contributed by atoms with Crippen LogP contribution in [0, 0.1) is 5.82 Å². The highest BCUT2D eigenvalue weighted by atomic mass is 35.5. The van der Waals surface area contributed by atoms with E-state index in [4.69, 9.17) is 23.2 Å². The van der Waals surface area contributed by atoms with E-state index in [1.165, 1.54) is 30.3 Å². The van der Waals surface area contributed by atoms with E-state index in [1.807, 2.05) is 0 Å². The van der Waals surface area contributed by atoms with Gasteiger partial charge in [-0.3, -0.25) is 14.4 Å². The van der Waals surface area contributed by atoms with E-state index in [1.54, 1.807) is 17.0 Å². The second-order valence-electron chi connectivity index (χ2n) is 7.19. The van der Waals surface area contributed by atoms with Crippen LogP contribution in [0.2, 0.25) is 10.0 Å². The number of benzene rings is 2. The SMILES string of the molecule is O=C(NCCCNC(=O)[C@H]1CCCN1C(=O)c1ccc(Cl)c(Cl)c1)c1ccc(F)cc1. The number of carbonyl (C=O) groups excluding carboxylic acids is 3. The van der Waals surface area contributed by atoms with Gasteiger partial charge >= 0.3 is 0 Å². The van der Waals surface area contributed by atoms with Crippen molar-refractivity contribution in [3.8, 4) is 0 Å². The van der Waals surface area contributed by atoms with Gasteiger partial charge < -0.3 is 15.5 Å². The highest BCUT2D eigenvalue weighted by molar-refractivity contribution is 6.42. The number of likely N-dealkylation sites (tertiary alicyclic amines) is 1. The summed E-state index contributed by atoms with van der Waals surface area (Å²) >= 11 is 11.9. The van der Waals surface area contributed by atoms with Gasteiger partial charge in [0.25, 0.3) is 11.8 Å². The smallest absolute Gasteiger partial charge is 0.254 e. The average Bonchev–Trinajstić information content (AvgIpc) is 3.25. The standard InChI is InChI=1S/C22H22Cl2FN3O3/c23-17-9-6-15(13-18(17)24)22(31)28-12-1-3-19(28)21(30)27-11-2-10-26-20(29)14-4-7-16(25)8-5-14/h4-9,13,19H,1-3,10-12H2,(H,26,29)(H,27,30)/t19-/m1/s1. The number of carbonyl (C=O) groups is 3. The number of hydrogen-bond donors (Lipinski definition) is 2. The van der Waals surface area contributed by atoms with Crippen LogP contribution in [-0.2, 0) is 4.79 Å². The second-order valence-corrected chi connectivity index (χ2v) is 8.01. The lowest BCUT2D eigenvalue weighted by molar-refractivity contribution is -0.124. The summed E-state index contributed by atoms with van der Waals surface area (Å²) in [4.78, 5) is 38.9. The first kappa shape index (κ1) is 23.0. The van der Waals surface area contributed by atoms with E-state index in [0.717, 1.165) is 6.42 Å². The van der Waals surface area contributed by atoms with Crippen LogP contribution in [0.25, 0.3) is 0 Å². The third kappa shape index (κ3) is 5.95. The van der Waals surface area contributed by atoms with Crippen LogP contribution < -0.4 is 10.6 Å².